The Labute approximate surface area is 146 Å². The summed E-state index contributed by atoms with van der Waals surface area (Å²) in [5, 5.41) is 10.4. The maximum Gasteiger partial charge on any atom is 0.252 e. The van der Waals surface area contributed by atoms with Crippen molar-refractivity contribution in [2.75, 3.05) is 29.4 Å². The Morgan fingerprint density at radius 1 is 1.24 bits per heavy atom. The molecule has 2 heterocycles. The smallest absolute Gasteiger partial charge is 0.252 e. The monoisotopic (exact) mass is 363 g/mol. The Morgan fingerprint density at radius 3 is 2.60 bits per heavy atom. The third-order valence-corrected chi connectivity index (χ3v) is 4.83. The van der Waals surface area contributed by atoms with E-state index in [1.807, 2.05) is 0 Å². The summed E-state index contributed by atoms with van der Waals surface area (Å²) in [7, 11) is -3.38. The number of carbonyl (C=O) groups is 1. The third kappa shape index (κ3) is 3.99. The molecule has 0 unspecified atom stereocenters. The Bertz CT molecular complexity index is 842. The van der Waals surface area contributed by atoms with Crippen molar-refractivity contribution in [3.05, 3.63) is 42.7 Å². The van der Waals surface area contributed by atoms with Gasteiger partial charge in [-0.25, -0.2) is 8.42 Å². The van der Waals surface area contributed by atoms with E-state index in [0.717, 1.165) is 19.3 Å². The van der Waals surface area contributed by atoms with Gasteiger partial charge in [0, 0.05) is 18.1 Å². The second kappa shape index (κ2) is 6.85. The number of piperidine rings is 1. The molecule has 1 saturated heterocycles. The van der Waals surface area contributed by atoms with Gasteiger partial charge in [0.1, 0.15) is 5.54 Å². The number of aromatic nitrogens is 2. The number of anilines is 2. The first-order chi connectivity index (χ1) is 11.9. The van der Waals surface area contributed by atoms with Crippen molar-refractivity contribution < 1.29 is 13.2 Å². The minimum Gasteiger partial charge on any atom is -0.324 e. The highest BCUT2D eigenvalue weighted by molar-refractivity contribution is 7.92. The van der Waals surface area contributed by atoms with Gasteiger partial charge in [0.25, 0.3) is 5.91 Å². The Hall–Kier alpha value is -2.39. The van der Waals surface area contributed by atoms with E-state index >= 15 is 0 Å². The van der Waals surface area contributed by atoms with Gasteiger partial charge in [-0.3, -0.25) is 14.2 Å². The largest absolute Gasteiger partial charge is 0.324 e. The molecule has 1 aromatic heterocycles. The number of hydrogen-bond donors (Lipinski definition) is 3. The summed E-state index contributed by atoms with van der Waals surface area (Å²) in [5.41, 5.74) is 0.178. The lowest BCUT2D eigenvalue weighted by Gasteiger charge is -2.36. The van der Waals surface area contributed by atoms with E-state index in [1.54, 1.807) is 47.4 Å². The fraction of sp³-hybridized carbons (Fsp3) is 0.375. The highest BCUT2D eigenvalue weighted by atomic mass is 32.2. The fourth-order valence-corrected chi connectivity index (χ4v) is 3.60. The zero-order valence-corrected chi connectivity index (χ0v) is 14.7. The number of carbonyl (C=O) groups excluding carboxylic acids is 1. The number of amides is 1. The predicted molar refractivity (Wildman–Crippen MR) is 95.8 cm³/mol. The van der Waals surface area contributed by atoms with Gasteiger partial charge in [0.2, 0.25) is 10.0 Å². The Balaban J connectivity index is 1.84. The Kier molecular flexibility index (Phi) is 4.78. The number of sulfonamides is 1. The van der Waals surface area contributed by atoms with Crippen LogP contribution in [0, 0.1) is 0 Å². The van der Waals surface area contributed by atoms with Crippen LogP contribution < -0.4 is 15.4 Å². The van der Waals surface area contributed by atoms with Crippen LogP contribution in [0.4, 0.5) is 11.4 Å². The Morgan fingerprint density at radius 2 is 1.96 bits per heavy atom. The van der Waals surface area contributed by atoms with Crippen LogP contribution in [0.5, 0.6) is 0 Å². The average molecular weight is 363 g/mol. The van der Waals surface area contributed by atoms with Crippen molar-refractivity contribution in [3.8, 4) is 0 Å². The van der Waals surface area contributed by atoms with Gasteiger partial charge in [-0.15, -0.1) is 0 Å². The minimum atomic E-state index is -3.38. The van der Waals surface area contributed by atoms with Crippen LogP contribution in [0.3, 0.4) is 0 Å². The summed E-state index contributed by atoms with van der Waals surface area (Å²) in [6, 6.07) is 8.43. The maximum absolute atomic E-state index is 13.0. The molecule has 9 heteroatoms. The van der Waals surface area contributed by atoms with Crippen LogP contribution in [-0.4, -0.2) is 43.5 Å². The lowest BCUT2D eigenvalue weighted by atomic mass is 9.87. The van der Waals surface area contributed by atoms with Crippen molar-refractivity contribution in [2.24, 2.45) is 0 Å². The molecule has 3 rings (SSSR count). The van der Waals surface area contributed by atoms with E-state index in [9.17, 15) is 13.2 Å². The summed E-state index contributed by atoms with van der Waals surface area (Å²) in [6.45, 7) is 1.45. The summed E-state index contributed by atoms with van der Waals surface area (Å²) in [6.07, 6.45) is 5.80. The molecule has 3 N–H and O–H groups in total. The van der Waals surface area contributed by atoms with Crippen LogP contribution >= 0.6 is 0 Å². The molecule has 0 bridgehead atoms. The molecule has 0 atom stereocenters. The maximum atomic E-state index is 13.0. The van der Waals surface area contributed by atoms with Gasteiger partial charge in [-0.2, -0.15) is 5.10 Å². The molecular weight excluding hydrogens is 342 g/mol. The highest BCUT2D eigenvalue weighted by Gasteiger charge is 2.42. The third-order valence-electron chi connectivity index (χ3n) is 4.22. The van der Waals surface area contributed by atoms with Crippen LogP contribution in [0.25, 0.3) is 0 Å². The van der Waals surface area contributed by atoms with Crippen molar-refractivity contribution in [2.45, 2.75) is 18.4 Å². The molecule has 0 radical (unpaired) electrons. The van der Waals surface area contributed by atoms with E-state index in [4.69, 9.17) is 0 Å². The van der Waals surface area contributed by atoms with Crippen molar-refractivity contribution in [1.82, 2.24) is 15.1 Å². The lowest BCUT2D eigenvalue weighted by Crippen LogP contribution is -2.52. The molecule has 1 fully saturated rings. The van der Waals surface area contributed by atoms with Gasteiger partial charge in [0.05, 0.1) is 11.9 Å². The normalized spacial score (nSPS) is 17.0. The van der Waals surface area contributed by atoms with E-state index in [2.05, 4.69) is 20.5 Å². The topological polar surface area (TPSA) is 105 Å². The first-order valence-electron chi connectivity index (χ1n) is 7.99. The minimum absolute atomic E-state index is 0.158. The fourth-order valence-electron chi connectivity index (χ4n) is 3.04. The molecule has 0 aliphatic carbocycles. The van der Waals surface area contributed by atoms with E-state index in [-0.39, 0.29) is 5.91 Å². The summed E-state index contributed by atoms with van der Waals surface area (Å²) < 4.78 is 26.9. The highest BCUT2D eigenvalue weighted by Crippen LogP contribution is 2.29. The molecule has 2 aromatic rings. The predicted octanol–water partition coefficient (Wildman–Crippen LogP) is 0.972. The van der Waals surface area contributed by atoms with E-state index in [0.29, 0.717) is 24.2 Å². The molecule has 134 valence electrons. The van der Waals surface area contributed by atoms with E-state index in [1.165, 1.54) is 0 Å². The zero-order chi connectivity index (χ0) is 17.9. The molecule has 1 amide bonds. The molecule has 8 nitrogen and oxygen atoms in total. The number of benzene rings is 1. The first-order valence-corrected chi connectivity index (χ1v) is 9.88. The second-order valence-electron chi connectivity index (χ2n) is 6.14. The van der Waals surface area contributed by atoms with Crippen molar-refractivity contribution >= 4 is 27.3 Å². The van der Waals surface area contributed by atoms with Crippen LogP contribution in [0.1, 0.15) is 12.8 Å². The van der Waals surface area contributed by atoms with Crippen LogP contribution in [0.15, 0.2) is 42.7 Å². The summed E-state index contributed by atoms with van der Waals surface area (Å²) >= 11 is 0. The average Bonchev–Trinajstić information content (AvgIpc) is 3.09. The lowest BCUT2D eigenvalue weighted by molar-refractivity contribution is -0.126. The summed E-state index contributed by atoms with van der Waals surface area (Å²) in [4.78, 5) is 13.0. The standard InChI is InChI=1S/C16H21N5O3S/c1-25(23,24)20-14-5-2-4-13(12-14)19-15(22)16(6-9-17-10-7-16)21-11-3-8-18-21/h2-5,8,11-12,17,20H,6-7,9-10H2,1H3,(H,19,22). The van der Waals surface area contributed by atoms with Gasteiger partial charge < -0.3 is 10.6 Å². The van der Waals surface area contributed by atoms with Crippen molar-refractivity contribution in [1.29, 1.82) is 0 Å². The molecule has 1 aromatic carbocycles. The van der Waals surface area contributed by atoms with Gasteiger partial charge >= 0.3 is 0 Å². The van der Waals surface area contributed by atoms with Crippen LogP contribution in [-0.2, 0) is 20.4 Å². The molecular formula is C16H21N5O3S. The number of nitrogens with one attached hydrogen (secondary N) is 3. The first kappa shape index (κ1) is 17.4. The number of rotatable bonds is 5. The second-order valence-corrected chi connectivity index (χ2v) is 7.89. The molecule has 1 aliphatic heterocycles. The summed E-state index contributed by atoms with van der Waals surface area (Å²) in [5.74, 6) is -0.158. The van der Waals surface area contributed by atoms with Crippen LogP contribution in [0.2, 0.25) is 0 Å². The molecule has 0 spiro atoms. The molecule has 25 heavy (non-hydrogen) atoms. The number of hydrogen-bond acceptors (Lipinski definition) is 5. The van der Waals surface area contributed by atoms with E-state index < -0.39 is 15.6 Å². The molecule has 0 saturated carbocycles. The SMILES string of the molecule is CS(=O)(=O)Nc1cccc(NC(=O)C2(n3cccn3)CCNCC2)c1. The van der Waals surface area contributed by atoms with Crippen molar-refractivity contribution in [3.63, 3.8) is 0 Å². The van der Waals surface area contributed by atoms with Gasteiger partial charge in [-0.1, -0.05) is 6.07 Å². The quantitative estimate of drug-likeness (QED) is 0.734. The van der Waals surface area contributed by atoms with Gasteiger partial charge in [-0.05, 0) is 50.2 Å². The number of nitrogens with zero attached hydrogens (tertiary/aromatic N) is 2. The molecule has 1 aliphatic rings. The zero-order valence-electron chi connectivity index (χ0n) is 13.9. The van der Waals surface area contributed by atoms with Gasteiger partial charge in [0.15, 0.2) is 0 Å².